The van der Waals surface area contributed by atoms with E-state index >= 15 is 0 Å². The van der Waals surface area contributed by atoms with Gasteiger partial charge in [0.2, 0.25) is 5.91 Å². The first-order valence-corrected chi connectivity index (χ1v) is 7.12. The van der Waals surface area contributed by atoms with Crippen molar-refractivity contribution in [3.63, 3.8) is 0 Å². The molecule has 5 heteroatoms. The van der Waals surface area contributed by atoms with Gasteiger partial charge in [0.15, 0.2) is 0 Å². The van der Waals surface area contributed by atoms with Crippen LogP contribution in [0.3, 0.4) is 0 Å². The van der Waals surface area contributed by atoms with Gasteiger partial charge in [-0.25, -0.2) is 4.79 Å². The Labute approximate surface area is 121 Å². The Kier molecular flexibility index (Phi) is 5.60. The van der Waals surface area contributed by atoms with Crippen LogP contribution in [0.4, 0.5) is 4.79 Å². The van der Waals surface area contributed by atoms with Crippen molar-refractivity contribution in [1.82, 2.24) is 10.2 Å². The molecule has 0 aliphatic carbocycles. The van der Waals surface area contributed by atoms with Crippen molar-refractivity contribution < 1.29 is 14.3 Å². The molecule has 0 aromatic rings. The molecule has 114 valence electrons. The summed E-state index contributed by atoms with van der Waals surface area (Å²) in [6, 6.07) is -0.407. The van der Waals surface area contributed by atoms with Crippen LogP contribution in [0.15, 0.2) is 12.2 Å². The molecule has 20 heavy (non-hydrogen) atoms. The molecule has 2 amide bonds. The minimum Gasteiger partial charge on any atom is -0.444 e. The smallest absolute Gasteiger partial charge is 0.410 e. The molecule has 1 aliphatic heterocycles. The number of rotatable bonds is 4. The van der Waals surface area contributed by atoms with Crippen LogP contribution < -0.4 is 5.32 Å². The van der Waals surface area contributed by atoms with Crippen LogP contribution >= 0.6 is 0 Å². The minimum absolute atomic E-state index is 0.102. The Balaban J connectivity index is 2.53. The minimum atomic E-state index is -0.541. The lowest BCUT2D eigenvalue weighted by molar-refractivity contribution is -0.125. The summed E-state index contributed by atoms with van der Waals surface area (Å²) < 4.78 is 5.34. The van der Waals surface area contributed by atoms with Crippen molar-refractivity contribution in [3.05, 3.63) is 12.2 Å². The van der Waals surface area contributed by atoms with Gasteiger partial charge in [0, 0.05) is 13.1 Å². The molecule has 0 saturated carbocycles. The van der Waals surface area contributed by atoms with Gasteiger partial charge in [0.05, 0.1) is 0 Å². The predicted octanol–water partition coefficient (Wildman–Crippen LogP) is 2.47. The first-order chi connectivity index (χ1) is 9.20. The highest BCUT2D eigenvalue weighted by Gasteiger charge is 2.36. The maximum absolute atomic E-state index is 12.1. The molecule has 0 unspecified atom stereocenters. The zero-order valence-corrected chi connectivity index (χ0v) is 13.0. The van der Waals surface area contributed by atoms with Gasteiger partial charge in [-0.2, -0.15) is 0 Å². The van der Waals surface area contributed by atoms with Crippen LogP contribution in [0, 0.1) is 0 Å². The van der Waals surface area contributed by atoms with E-state index in [9.17, 15) is 9.59 Å². The van der Waals surface area contributed by atoms with E-state index in [0.29, 0.717) is 19.5 Å². The second-order valence-electron chi connectivity index (χ2n) is 6.33. The summed E-state index contributed by atoms with van der Waals surface area (Å²) in [6.07, 6.45) is 1.87. The van der Waals surface area contributed by atoms with E-state index in [0.717, 1.165) is 18.4 Å². The van der Waals surface area contributed by atoms with Crippen LogP contribution in [0.1, 0.15) is 47.0 Å². The van der Waals surface area contributed by atoms with Crippen molar-refractivity contribution in [2.24, 2.45) is 0 Å². The third-order valence-corrected chi connectivity index (χ3v) is 3.03. The number of carbonyl (C=O) groups is 2. The van der Waals surface area contributed by atoms with E-state index in [1.54, 1.807) is 0 Å². The molecule has 1 rings (SSSR count). The zero-order valence-electron chi connectivity index (χ0n) is 13.0. The number of likely N-dealkylation sites (tertiary alicyclic amines) is 1. The lowest BCUT2D eigenvalue weighted by Gasteiger charge is -2.28. The van der Waals surface area contributed by atoms with Gasteiger partial charge in [-0.3, -0.25) is 9.69 Å². The third-order valence-electron chi connectivity index (χ3n) is 3.03. The molecule has 0 radical (unpaired) electrons. The highest BCUT2D eigenvalue weighted by atomic mass is 16.6. The summed E-state index contributed by atoms with van der Waals surface area (Å²) >= 11 is 0. The van der Waals surface area contributed by atoms with Gasteiger partial charge in [0.1, 0.15) is 11.6 Å². The van der Waals surface area contributed by atoms with E-state index < -0.39 is 17.7 Å². The number of hydrogen-bond donors (Lipinski definition) is 1. The van der Waals surface area contributed by atoms with E-state index in [2.05, 4.69) is 11.9 Å². The summed E-state index contributed by atoms with van der Waals surface area (Å²) in [5.41, 5.74) is 0.487. The fourth-order valence-electron chi connectivity index (χ4n) is 2.10. The molecule has 5 nitrogen and oxygen atoms in total. The number of carbonyl (C=O) groups excluding carboxylic acids is 2. The third kappa shape index (κ3) is 5.23. The second kappa shape index (κ2) is 6.77. The summed E-state index contributed by atoms with van der Waals surface area (Å²) in [4.78, 5) is 25.7. The molecule has 1 atom stereocenters. The molecule has 0 aromatic heterocycles. The Bertz CT molecular complexity index is 385. The van der Waals surface area contributed by atoms with Gasteiger partial charge >= 0.3 is 6.09 Å². The lowest BCUT2D eigenvalue weighted by Crippen LogP contribution is -2.47. The van der Waals surface area contributed by atoms with Gasteiger partial charge in [-0.1, -0.05) is 5.57 Å². The van der Waals surface area contributed by atoms with E-state index in [1.165, 1.54) is 4.90 Å². The number of nitrogens with zero attached hydrogens (tertiary/aromatic N) is 1. The average Bonchev–Trinajstić information content (AvgIpc) is 2.74. The average molecular weight is 282 g/mol. The number of nitrogens with one attached hydrogen (secondary N) is 1. The van der Waals surface area contributed by atoms with Crippen LogP contribution in [0.25, 0.3) is 0 Å². The van der Waals surface area contributed by atoms with Crippen LogP contribution in [-0.2, 0) is 9.53 Å². The Hall–Kier alpha value is -1.52. The second-order valence-corrected chi connectivity index (χ2v) is 6.33. The van der Waals surface area contributed by atoms with Gasteiger partial charge in [-0.05, 0) is 47.0 Å². The number of hydrogen-bond acceptors (Lipinski definition) is 3. The van der Waals surface area contributed by atoms with Crippen molar-refractivity contribution in [2.75, 3.05) is 13.1 Å². The molecular weight excluding hydrogens is 256 g/mol. The first kappa shape index (κ1) is 16.5. The summed E-state index contributed by atoms with van der Waals surface area (Å²) in [5, 5.41) is 2.85. The Morgan fingerprint density at radius 2 is 2.05 bits per heavy atom. The predicted molar refractivity (Wildman–Crippen MR) is 78.4 cm³/mol. The molecule has 1 saturated heterocycles. The largest absolute Gasteiger partial charge is 0.444 e. The Morgan fingerprint density at radius 3 is 2.60 bits per heavy atom. The van der Waals surface area contributed by atoms with Crippen molar-refractivity contribution >= 4 is 12.0 Å². The van der Waals surface area contributed by atoms with Gasteiger partial charge in [0.25, 0.3) is 0 Å². The SMILES string of the molecule is C=C(C)CCNC(=O)[C@@H]1CCCN1C(=O)OC(C)(C)C. The molecule has 0 bridgehead atoms. The van der Waals surface area contributed by atoms with Crippen molar-refractivity contribution in [1.29, 1.82) is 0 Å². The van der Waals surface area contributed by atoms with Crippen molar-refractivity contribution in [3.8, 4) is 0 Å². The normalized spacial score (nSPS) is 18.8. The van der Waals surface area contributed by atoms with Gasteiger partial charge in [-0.15, -0.1) is 6.58 Å². The monoisotopic (exact) mass is 282 g/mol. The van der Waals surface area contributed by atoms with Crippen molar-refractivity contribution in [2.45, 2.75) is 58.6 Å². The van der Waals surface area contributed by atoms with E-state index in [-0.39, 0.29) is 5.91 Å². The van der Waals surface area contributed by atoms with E-state index in [1.807, 2.05) is 27.7 Å². The fraction of sp³-hybridized carbons (Fsp3) is 0.733. The number of ether oxygens (including phenoxy) is 1. The quantitative estimate of drug-likeness (QED) is 0.806. The fourth-order valence-corrected chi connectivity index (χ4v) is 2.10. The topological polar surface area (TPSA) is 58.6 Å². The molecular formula is C15H26N2O3. The molecule has 0 spiro atoms. The van der Waals surface area contributed by atoms with Crippen LogP contribution in [-0.4, -0.2) is 41.6 Å². The summed E-state index contributed by atoms with van der Waals surface area (Å²) in [5.74, 6) is -0.102. The zero-order chi connectivity index (χ0) is 15.3. The van der Waals surface area contributed by atoms with E-state index in [4.69, 9.17) is 4.74 Å². The molecule has 1 aliphatic rings. The summed E-state index contributed by atoms with van der Waals surface area (Å²) in [6.45, 7) is 12.3. The molecule has 0 aromatic carbocycles. The lowest BCUT2D eigenvalue weighted by atomic mass is 10.2. The standard InChI is InChI=1S/C15H26N2O3/c1-11(2)8-9-16-13(18)12-7-6-10-17(12)14(19)20-15(3,4)5/h12H,1,6-10H2,2-5H3,(H,16,18)/t12-/m0/s1. The number of amides is 2. The first-order valence-electron chi connectivity index (χ1n) is 7.12. The summed E-state index contributed by atoms with van der Waals surface area (Å²) in [7, 11) is 0. The highest BCUT2D eigenvalue weighted by molar-refractivity contribution is 5.86. The Morgan fingerprint density at radius 1 is 1.40 bits per heavy atom. The molecule has 1 heterocycles. The highest BCUT2D eigenvalue weighted by Crippen LogP contribution is 2.20. The van der Waals surface area contributed by atoms with Gasteiger partial charge < -0.3 is 10.1 Å². The molecule has 1 N–H and O–H groups in total. The maximum atomic E-state index is 12.1. The van der Waals surface area contributed by atoms with Crippen LogP contribution in [0.5, 0.6) is 0 Å². The maximum Gasteiger partial charge on any atom is 0.410 e. The van der Waals surface area contributed by atoms with Crippen LogP contribution in [0.2, 0.25) is 0 Å². The molecule has 1 fully saturated rings.